The first kappa shape index (κ1) is 26.7. The quantitative estimate of drug-likeness (QED) is 0.347. The number of piperazine rings is 1. The minimum absolute atomic E-state index is 0.556. The van der Waals surface area contributed by atoms with Gasteiger partial charge in [-0.1, -0.05) is 38.2 Å². The maximum Gasteiger partial charge on any atom is 0.416 e. The fourth-order valence-electron chi connectivity index (χ4n) is 4.42. The first-order chi connectivity index (χ1) is 15.4. The molecule has 2 fully saturated rings. The first-order valence-electron chi connectivity index (χ1n) is 12.0. The maximum atomic E-state index is 12.8. The highest BCUT2D eigenvalue weighted by Gasteiger charge is 2.31. The standard InChI is InChI=1S/C19H27F3N2.C6H12O2/c20-19(21,22)17-7-4-8-18(15-17)24-13-11-23(12-14-24)10-9-16-5-2-1-3-6-16;1-8-6-4-2-3-5-7/h4,7-8,15-16H,1-3,5-6,9-14H2;5H,2-4,6H2,1H3. The summed E-state index contributed by atoms with van der Waals surface area (Å²) in [7, 11) is 1.67. The van der Waals surface area contributed by atoms with Crippen LogP contribution in [0.25, 0.3) is 0 Å². The van der Waals surface area contributed by atoms with Crippen LogP contribution in [0.4, 0.5) is 18.9 Å². The molecule has 1 aliphatic heterocycles. The van der Waals surface area contributed by atoms with E-state index >= 15 is 0 Å². The van der Waals surface area contributed by atoms with Crippen molar-refractivity contribution in [3.8, 4) is 0 Å². The summed E-state index contributed by atoms with van der Waals surface area (Å²) in [5, 5.41) is 0. The van der Waals surface area contributed by atoms with Crippen molar-refractivity contribution in [2.24, 2.45) is 5.92 Å². The van der Waals surface area contributed by atoms with E-state index in [2.05, 4.69) is 9.80 Å². The second kappa shape index (κ2) is 14.5. The summed E-state index contributed by atoms with van der Waals surface area (Å²) in [6.07, 6.45) is 7.50. The van der Waals surface area contributed by atoms with Crippen molar-refractivity contribution in [1.82, 2.24) is 4.90 Å². The molecule has 0 bridgehead atoms. The summed E-state index contributed by atoms with van der Waals surface area (Å²) < 4.78 is 43.3. The summed E-state index contributed by atoms with van der Waals surface area (Å²) in [6, 6.07) is 5.71. The van der Waals surface area contributed by atoms with E-state index in [1.807, 2.05) is 0 Å². The molecule has 1 saturated heterocycles. The van der Waals surface area contributed by atoms with Gasteiger partial charge in [-0.2, -0.15) is 13.2 Å². The molecule has 0 atom stereocenters. The lowest BCUT2D eigenvalue weighted by Gasteiger charge is -2.37. The molecule has 1 aromatic carbocycles. The Balaban J connectivity index is 0.000000390. The lowest BCUT2D eigenvalue weighted by molar-refractivity contribution is -0.137. The molecule has 1 saturated carbocycles. The summed E-state index contributed by atoms with van der Waals surface area (Å²) in [5.41, 5.74) is 0.136. The van der Waals surface area contributed by atoms with Gasteiger partial charge in [-0.25, -0.2) is 0 Å². The molecular weight excluding hydrogens is 417 g/mol. The van der Waals surface area contributed by atoms with Gasteiger partial charge in [-0.3, -0.25) is 4.90 Å². The molecule has 32 heavy (non-hydrogen) atoms. The molecule has 0 unspecified atom stereocenters. The van der Waals surface area contributed by atoms with Crippen molar-refractivity contribution in [1.29, 1.82) is 0 Å². The Bertz CT molecular complexity index is 640. The largest absolute Gasteiger partial charge is 0.416 e. The number of halogens is 3. The van der Waals surface area contributed by atoms with Crippen LogP contribution in [0, 0.1) is 5.92 Å². The molecule has 1 aromatic rings. The van der Waals surface area contributed by atoms with Gasteiger partial charge in [0.05, 0.1) is 5.56 Å². The van der Waals surface area contributed by atoms with Crippen LogP contribution in [0.1, 0.15) is 63.4 Å². The van der Waals surface area contributed by atoms with Gasteiger partial charge in [0, 0.05) is 52.0 Å². The van der Waals surface area contributed by atoms with Crippen LogP contribution in [0.3, 0.4) is 0 Å². The van der Waals surface area contributed by atoms with Crippen LogP contribution < -0.4 is 4.90 Å². The number of hydrogen-bond donors (Lipinski definition) is 0. The Morgan fingerprint density at radius 2 is 1.78 bits per heavy atom. The van der Waals surface area contributed by atoms with Crippen molar-refractivity contribution < 1.29 is 22.7 Å². The number of benzene rings is 1. The van der Waals surface area contributed by atoms with E-state index in [1.54, 1.807) is 13.2 Å². The van der Waals surface area contributed by atoms with Crippen LogP contribution in [-0.4, -0.2) is 57.6 Å². The van der Waals surface area contributed by atoms with E-state index in [0.29, 0.717) is 12.1 Å². The lowest BCUT2D eigenvalue weighted by atomic mass is 9.87. The first-order valence-corrected chi connectivity index (χ1v) is 12.0. The molecular formula is C25H39F3N2O2. The summed E-state index contributed by atoms with van der Waals surface area (Å²) in [5.74, 6) is 0.889. The Morgan fingerprint density at radius 3 is 2.41 bits per heavy atom. The second-order valence-corrected chi connectivity index (χ2v) is 8.82. The normalized spacial score (nSPS) is 18.2. The monoisotopic (exact) mass is 456 g/mol. The van der Waals surface area contributed by atoms with Crippen molar-refractivity contribution in [3.63, 3.8) is 0 Å². The van der Waals surface area contributed by atoms with Gasteiger partial charge in [-0.15, -0.1) is 0 Å². The number of hydrogen-bond acceptors (Lipinski definition) is 4. The molecule has 0 radical (unpaired) electrons. The molecule has 0 amide bonds. The van der Waals surface area contributed by atoms with Crippen LogP contribution in [-0.2, 0) is 15.7 Å². The molecule has 1 heterocycles. The SMILES string of the molecule is COCCCCC=O.FC(F)(F)c1cccc(N2CCN(CCC3CCCCC3)CC2)c1. The molecule has 4 nitrogen and oxygen atoms in total. The number of aldehydes is 1. The van der Waals surface area contributed by atoms with E-state index in [0.717, 1.165) is 70.4 Å². The van der Waals surface area contributed by atoms with Gasteiger partial charge >= 0.3 is 6.18 Å². The zero-order valence-corrected chi connectivity index (χ0v) is 19.4. The number of nitrogens with zero attached hydrogens (tertiary/aromatic N) is 2. The zero-order valence-electron chi connectivity index (χ0n) is 19.4. The predicted molar refractivity (Wildman–Crippen MR) is 123 cm³/mol. The Hall–Kier alpha value is -1.60. The number of alkyl halides is 3. The molecule has 182 valence electrons. The van der Waals surface area contributed by atoms with Gasteiger partial charge in [0.15, 0.2) is 0 Å². The number of anilines is 1. The van der Waals surface area contributed by atoms with Gasteiger partial charge in [0.1, 0.15) is 6.29 Å². The highest BCUT2D eigenvalue weighted by molar-refractivity contribution is 5.49. The average Bonchev–Trinajstić information content (AvgIpc) is 2.82. The summed E-state index contributed by atoms with van der Waals surface area (Å²) in [6.45, 7) is 5.43. The minimum Gasteiger partial charge on any atom is -0.385 e. The Morgan fingerprint density at radius 1 is 1.06 bits per heavy atom. The van der Waals surface area contributed by atoms with Crippen LogP contribution in [0.15, 0.2) is 24.3 Å². The smallest absolute Gasteiger partial charge is 0.385 e. The van der Waals surface area contributed by atoms with Crippen LogP contribution in [0.2, 0.25) is 0 Å². The van der Waals surface area contributed by atoms with E-state index in [9.17, 15) is 18.0 Å². The maximum absolute atomic E-state index is 12.8. The van der Waals surface area contributed by atoms with E-state index in [4.69, 9.17) is 4.74 Å². The van der Waals surface area contributed by atoms with E-state index in [1.165, 1.54) is 50.7 Å². The molecule has 0 aromatic heterocycles. The molecule has 7 heteroatoms. The number of rotatable bonds is 9. The predicted octanol–water partition coefficient (Wildman–Crippen LogP) is 5.80. The van der Waals surface area contributed by atoms with Crippen LogP contribution >= 0.6 is 0 Å². The minimum atomic E-state index is -4.27. The number of carbonyl (C=O) groups excluding carboxylic acids is 1. The van der Waals surface area contributed by atoms with Gasteiger partial charge in [0.25, 0.3) is 0 Å². The Labute approximate surface area is 191 Å². The molecule has 3 rings (SSSR count). The molecule has 0 spiro atoms. The fourth-order valence-corrected chi connectivity index (χ4v) is 4.42. The highest BCUT2D eigenvalue weighted by Crippen LogP contribution is 2.32. The highest BCUT2D eigenvalue weighted by atomic mass is 19.4. The van der Waals surface area contributed by atoms with Crippen molar-refractivity contribution >= 4 is 12.0 Å². The Kier molecular flexibility index (Phi) is 12.1. The van der Waals surface area contributed by atoms with Gasteiger partial charge in [-0.05, 0) is 49.9 Å². The summed E-state index contributed by atoms with van der Waals surface area (Å²) >= 11 is 0. The summed E-state index contributed by atoms with van der Waals surface area (Å²) in [4.78, 5) is 14.3. The number of unbranched alkanes of at least 4 members (excludes halogenated alkanes) is 2. The van der Waals surface area contributed by atoms with Crippen molar-refractivity contribution in [3.05, 3.63) is 29.8 Å². The molecule has 1 aliphatic carbocycles. The molecule has 0 N–H and O–H groups in total. The number of ether oxygens (including phenoxy) is 1. The third kappa shape index (κ3) is 9.90. The zero-order chi connectivity index (χ0) is 23.2. The number of methoxy groups -OCH3 is 1. The second-order valence-electron chi connectivity index (χ2n) is 8.82. The van der Waals surface area contributed by atoms with Crippen LogP contribution in [0.5, 0.6) is 0 Å². The third-order valence-corrected chi connectivity index (χ3v) is 6.41. The third-order valence-electron chi connectivity index (χ3n) is 6.41. The van der Waals surface area contributed by atoms with Gasteiger partial charge in [0.2, 0.25) is 0 Å². The topological polar surface area (TPSA) is 32.8 Å². The number of carbonyl (C=O) groups is 1. The van der Waals surface area contributed by atoms with Crippen molar-refractivity contribution in [2.75, 3.05) is 51.3 Å². The average molecular weight is 457 g/mol. The van der Waals surface area contributed by atoms with E-state index in [-0.39, 0.29) is 0 Å². The van der Waals surface area contributed by atoms with Gasteiger partial charge < -0.3 is 14.4 Å². The molecule has 2 aliphatic rings. The fraction of sp³-hybridized carbons (Fsp3) is 0.720. The lowest BCUT2D eigenvalue weighted by Crippen LogP contribution is -2.47. The van der Waals surface area contributed by atoms with Crippen molar-refractivity contribution in [2.45, 2.75) is 64.0 Å². The van der Waals surface area contributed by atoms with E-state index < -0.39 is 11.7 Å².